The van der Waals surface area contributed by atoms with Crippen LogP contribution in [0.4, 0.5) is 5.82 Å². The van der Waals surface area contributed by atoms with Gasteiger partial charge in [-0.3, -0.25) is 0 Å². The van der Waals surface area contributed by atoms with Gasteiger partial charge in [0.15, 0.2) is 11.6 Å². The van der Waals surface area contributed by atoms with Crippen LogP contribution >= 0.6 is 15.9 Å². The lowest BCUT2D eigenvalue weighted by Gasteiger charge is -2.03. The van der Waals surface area contributed by atoms with E-state index < -0.39 is 0 Å². The van der Waals surface area contributed by atoms with Crippen LogP contribution in [-0.2, 0) is 0 Å². The van der Waals surface area contributed by atoms with Gasteiger partial charge in [-0.2, -0.15) is 0 Å². The van der Waals surface area contributed by atoms with Gasteiger partial charge < -0.3 is 10.3 Å². The fourth-order valence-electron chi connectivity index (χ4n) is 1.88. The summed E-state index contributed by atoms with van der Waals surface area (Å²) in [7, 11) is 0. The summed E-state index contributed by atoms with van der Waals surface area (Å²) in [6.45, 7) is 0. The average Bonchev–Trinajstić information content (AvgIpc) is 2.69. The molecule has 2 aromatic carbocycles. The lowest BCUT2D eigenvalue weighted by atomic mass is 10.0. The molecular formula is C13H9BrN2O. The van der Waals surface area contributed by atoms with Gasteiger partial charge in [-0.05, 0) is 26.7 Å². The Morgan fingerprint density at radius 1 is 1.06 bits per heavy atom. The third kappa shape index (κ3) is 1.61. The Kier molecular flexibility index (Phi) is 2.37. The summed E-state index contributed by atoms with van der Waals surface area (Å²) >= 11 is 3.39. The van der Waals surface area contributed by atoms with Gasteiger partial charge in [0.1, 0.15) is 4.47 Å². The van der Waals surface area contributed by atoms with Crippen molar-refractivity contribution in [2.75, 3.05) is 5.73 Å². The lowest BCUT2D eigenvalue weighted by molar-refractivity contribution is 0.436. The van der Waals surface area contributed by atoms with Crippen molar-refractivity contribution in [2.24, 2.45) is 0 Å². The van der Waals surface area contributed by atoms with E-state index in [9.17, 15) is 0 Å². The summed E-state index contributed by atoms with van der Waals surface area (Å²) in [5.41, 5.74) is 6.66. The van der Waals surface area contributed by atoms with E-state index in [1.807, 2.05) is 24.3 Å². The molecule has 0 saturated carbocycles. The van der Waals surface area contributed by atoms with Crippen molar-refractivity contribution in [3.05, 3.63) is 46.9 Å². The summed E-state index contributed by atoms with van der Waals surface area (Å²) in [4.78, 5) is 0. The van der Waals surface area contributed by atoms with Crippen LogP contribution < -0.4 is 5.73 Å². The lowest BCUT2D eigenvalue weighted by Crippen LogP contribution is -1.84. The zero-order valence-corrected chi connectivity index (χ0v) is 10.4. The Hall–Kier alpha value is -1.81. The zero-order valence-electron chi connectivity index (χ0n) is 8.85. The minimum absolute atomic E-state index is 0.368. The number of hydrogen-bond acceptors (Lipinski definition) is 3. The third-order valence-electron chi connectivity index (χ3n) is 2.69. The second-order valence-corrected chi connectivity index (χ2v) is 4.53. The van der Waals surface area contributed by atoms with Crippen LogP contribution in [0.3, 0.4) is 0 Å². The van der Waals surface area contributed by atoms with Crippen LogP contribution in [0.25, 0.3) is 22.1 Å². The molecule has 1 aromatic heterocycles. The summed E-state index contributed by atoms with van der Waals surface area (Å²) in [6, 6.07) is 14.2. The molecular weight excluding hydrogens is 280 g/mol. The van der Waals surface area contributed by atoms with E-state index in [1.54, 1.807) is 0 Å². The molecule has 0 saturated heterocycles. The Morgan fingerprint density at radius 3 is 2.59 bits per heavy atom. The van der Waals surface area contributed by atoms with Crippen LogP contribution in [0.2, 0.25) is 0 Å². The highest BCUT2D eigenvalue weighted by atomic mass is 79.9. The molecule has 0 atom stereocenters. The molecule has 0 fully saturated rings. The molecule has 3 rings (SSSR count). The largest absolute Gasteiger partial charge is 0.380 e. The smallest absolute Gasteiger partial charge is 0.183 e. The van der Waals surface area contributed by atoms with E-state index in [1.165, 1.54) is 0 Å². The molecule has 0 aliphatic carbocycles. The van der Waals surface area contributed by atoms with Crippen LogP contribution in [-0.4, -0.2) is 5.16 Å². The van der Waals surface area contributed by atoms with Crippen LogP contribution in [0.5, 0.6) is 0 Å². The molecule has 0 bridgehead atoms. The van der Waals surface area contributed by atoms with Crippen molar-refractivity contribution in [3.8, 4) is 11.3 Å². The van der Waals surface area contributed by atoms with Gasteiger partial charge in [-0.15, -0.1) is 0 Å². The fraction of sp³-hybridized carbons (Fsp3) is 0. The molecule has 0 radical (unpaired) electrons. The highest BCUT2D eigenvalue weighted by Gasteiger charge is 2.14. The number of fused-ring (bicyclic) bond motifs is 1. The molecule has 3 nitrogen and oxygen atoms in total. The summed E-state index contributed by atoms with van der Waals surface area (Å²) in [6.07, 6.45) is 0. The van der Waals surface area contributed by atoms with E-state index in [0.29, 0.717) is 16.1 Å². The SMILES string of the molecule is Nc1noc(-c2cccc3ccccc23)c1Br. The van der Waals surface area contributed by atoms with Crippen molar-refractivity contribution < 1.29 is 4.52 Å². The molecule has 0 amide bonds. The molecule has 4 heteroatoms. The van der Waals surface area contributed by atoms with Crippen molar-refractivity contribution in [2.45, 2.75) is 0 Å². The maximum atomic E-state index is 5.67. The predicted octanol–water partition coefficient (Wildman–Crippen LogP) is 3.84. The Morgan fingerprint density at radius 2 is 1.82 bits per heavy atom. The first kappa shape index (κ1) is 10.4. The fourth-order valence-corrected chi connectivity index (χ4v) is 2.24. The summed E-state index contributed by atoms with van der Waals surface area (Å²) in [5.74, 6) is 1.03. The van der Waals surface area contributed by atoms with Crippen molar-refractivity contribution in [1.82, 2.24) is 5.16 Å². The molecule has 2 N–H and O–H groups in total. The molecule has 0 aliphatic heterocycles. The van der Waals surface area contributed by atoms with E-state index in [4.69, 9.17) is 10.3 Å². The molecule has 3 aromatic rings. The van der Waals surface area contributed by atoms with Crippen molar-refractivity contribution in [3.63, 3.8) is 0 Å². The Balaban J connectivity index is 2.34. The normalized spacial score (nSPS) is 10.9. The highest BCUT2D eigenvalue weighted by Crippen LogP contribution is 2.36. The van der Waals surface area contributed by atoms with Crippen molar-refractivity contribution in [1.29, 1.82) is 0 Å². The third-order valence-corrected chi connectivity index (χ3v) is 3.46. The number of nitrogens with two attached hydrogens (primary N) is 1. The highest BCUT2D eigenvalue weighted by molar-refractivity contribution is 9.10. The number of aromatic nitrogens is 1. The van der Waals surface area contributed by atoms with Gasteiger partial charge in [0, 0.05) is 5.56 Å². The predicted molar refractivity (Wildman–Crippen MR) is 71.6 cm³/mol. The first-order chi connectivity index (χ1) is 8.27. The number of anilines is 1. The topological polar surface area (TPSA) is 52.0 Å². The molecule has 1 heterocycles. The number of benzene rings is 2. The van der Waals surface area contributed by atoms with E-state index in [-0.39, 0.29) is 0 Å². The van der Waals surface area contributed by atoms with Gasteiger partial charge in [0.2, 0.25) is 0 Å². The van der Waals surface area contributed by atoms with E-state index >= 15 is 0 Å². The number of rotatable bonds is 1. The van der Waals surface area contributed by atoms with E-state index in [2.05, 4.69) is 39.3 Å². The van der Waals surface area contributed by atoms with Gasteiger partial charge in [0.05, 0.1) is 0 Å². The van der Waals surface area contributed by atoms with Gasteiger partial charge in [-0.1, -0.05) is 47.6 Å². The van der Waals surface area contributed by atoms with Gasteiger partial charge in [-0.25, -0.2) is 0 Å². The second-order valence-electron chi connectivity index (χ2n) is 3.74. The van der Waals surface area contributed by atoms with Crippen LogP contribution in [0.1, 0.15) is 0 Å². The number of hydrogen-bond donors (Lipinski definition) is 1. The zero-order chi connectivity index (χ0) is 11.8. The first-order valence-corrected chi connectivity index (χ1v) is 5.95. The van der Waals surface area contributed by atoms with Gasteiger partial charge >= 0.3 is 0 Å². The summed E-state index contributed by atoms with van der Waals surface area (Å²) in [5, 5.41) is 6.03. The van der Waals surface area contributed by atoms with E-state index in [0.717, 1.165) is 16.3 Å². The molecule has 17 heavy (non-hydrogen) atoms. The number of nitrogen functional groups attached to an aromatic ring is 1. The first-order valence-electron chi connectivity index (χ1n) is 5.16. The van der Waals surface area contributed by atoms with Crippen LogP contribution in [0, 0.1) is 0 Å². The quantitative estimate of drug-likeness (QED) is 0.740. The standard InChI is InChI=1S/C13H9BrN2O/c14-11-12(17-16-13(11)15)10-7-3-5-8-4-1-2-6-9(8)10/h1-7H,(H2,15,16). The maximum absolute atomic E-state index is 5.67. The second kappa shape index (κ2) is 3.89. The number of nitrogens with zero attached hydrogens (tertiary/aromatic N) is 1. The molecule has 84 valence electrons. The minimum Gasteiger partial charge on any atom is -0.380 e. The Labute approximate surface area is 106 Å². The monoisotopic (exact) mass is 288 g/mol. The minimum atomic E-state index is 0.368. The molecule has 0 aliphatic rings. The molecule has 0 unspecified atom stereocenters. The summed E-state index contributed by atoms with van der Waals surface area (Å²) < 4.78 is 5.97. The van der Waals surface area contributed by atoms with Crippen molar-refractivity contribution >= 4 is 32.5 Å². The molecule has 0 spiro atoms. The average molecular weight is 289 g/mol. The van der Waals surface area contributed by atoms with Crippen LogP contribution in [0.15, 0.2) is 51.5 Å². The number of halogens is 1. The van der Waals surface area contributed by atoms with Gasteiger partial charge in [0.25, 0.3) is 0 Å². The Bertz CT molecular complexity index is 685. The maximum Gasteiger partial charge on any atom is 0.183 e.